The van der Waals surface area contributed by atoms with Gasteiger partial charge in [0.05, 0.1) is 6.61 Å². The summed E-state index contributed by atoms with van der Waals surface area (Å²) in [5.41, 5.74) is 1.01. The van der Waals surface area contributed by atoms with Crippen molar-refractivity contribution < 1.29 is 9.53 Å². The first-order valence-electron chi connectivity index (χ1n) is 6.67. The van der Waals surface area contributed by atoms with Gasteiger partial charge in [-0.05, 0) is 37.1 Å². The molecule has 1 aromatic heterocycles. The zero-order valence-corrected chi connectivity index (χ0v) is 14.6. The summed E-state index contributed by atoms with van der Waals surface area (Å²) >= 11 is 8.94. The molecule has 0 aliphatic heterocycles. The fraction of sp³-hybridized carbons (Fsp3) is 0.357. The van der Waals surface area contributed by atoms with Crippen LogP contribution in [0.5, 0.6) is 5.75 Å². The summed E-state index contributed by atoms with van der Waals surface area (Å²) in [5, 5.41) is 11.8. The number of aromatic nitrogens is 2. The Morgan fingerprint density at radius 3 is 3.00 bits per heavy atom. The molecule has 0 unspecified atom stereocenters. The zero-order valence-electron chi connectivity index (χ0n) is 12.3. The van der Waals surface area contributed by atoms with Crippen LogP contribution < -0.4 is 10.1 Å². The van der Waals surface area contributed by atoms with Crippen LogP contribution >= 0.6 is 34.7 Å². The predicted molar refractivity (Wildman–Crippen MR) is 91.2 cm³/mol. The highest BCUT2D eigenvalue weighted by atomic mass is 35.5. The van der Waals surface area contributed by atoms with Gasteiger partial charge in [-0.15, -0.1) is 10.2 Å². The second-order valence-electron chi connectivity index (χ2n) is 4.52. The van der Waals surface area contributed by atoms with Gasteiger partial charge in [-0.2, -0.15) is 0 Å². The molecule has 1 amide bonds. The summed E-state index contributed by atoms with van der Waals surface area (Å²) in [6.07, 6.45) is 0.890. The van der Waals surface area contributed by atoms with Gasteiger partial charge in [-0.25, -0.2) is 0 Å². The number of rotatable bonds is 7. The summed E-state index contributed by atoms with van der Waals surface area (Å²) in [6, 6.07) is 5.64. The third-order valence-corrected chi connectivity index (χ3v) is 5.08. The van der Waals surface area contributed by atoms with Gasteiger partial charge in [0.15, 0.2) is 4.34 Å². The largest absolute Gasteiger partial charge is 0.494 e. The van der Waals surface area contributed by atoms with Crippen LogP contribution in [0, 0.1) is 6.92 Å². The number of hydrogen-bond donors (Lipinski definition) is 1. The lowest BCUT2D eigenvalue weighted by Gasteiger charge is -2.07. The molecule has 0 aliphatic carbocycles. The summed E-state index contributed by atoms with van der Waals surface area (Å²) in [6.45, 7) is 4.03. The third-order valence-electron chi connectivity index (χ3n) is 2.60. The fourth-order valence-electron chi connectivity index (χ4n) is 1.58. The van der Waals surface area contributed by atoms with E-state index in [9.17, 15) is 4.79 Å². The molecule has 0 bridgehead atoms. The maximum absolute atomic E-state index is 10.9. The molecule has 1 heterocycles. The van der Waals surface area contributed by atoms with Crippen molar-refractivity contribution in [2.24, 2.45) is 0 Å². The van der Waals surface area contributed by atoms with Crippen molar-refractivity contribution in [1.82, 2.24) is 10.2 Å². The zero-order chi connectivity index (χ0) is 15.9. The molecule has 2 aromatic rings. The molecule has 0 spiro atoms. The number of carbonyl (C=O) groups is 1. The average Bonchev–Trinajstić information content (AvgIpc) is 2.89. The first-order valence-corrected chi connectivity index (χ1v) is 8.85. The van der Waals surface area contributed by atoms with Gasteiger partial charge in [-0.3, -0.25) is 4.79 Å². The minimum absolute atomic E-state index is 0.139. The molecule has 5 nitrogen and oxygen atoms in total. The monoisotopic (exact) mass is 357 g/mol. The van der Waals surface area contributed by atoms with Gasteiger partial charge in [0, 0.05) is 17.7 Å². The molecule has 0 aliphatic rings. The Bertz CT molecular complexity index is 649. The molecule has 1 N–H and O–H groups in total. The number of ether oxygens (including phenoxy) is 1. The Hall–Kier alpha value is -1.31. The lowest BCUT2D eigenvalue weighted by molar-refractivity contribution is -0.114. The smallest absolute Gasteiger partial charge is 0.223 e. The van der Waals surface area contributed by atoms with Crippen LogP contribution in [0.1, 0.15) is 18.9 Å². The minimum Gasteiger partial charge on any atom is -0.494 e. The molecule has 0 saturated carbocycles. The highest BCUT2D eigenvalue weighted by Crippen LogP contribution is 2.26. The summed E-state index contributed by atoms with van der Waals surface area (Å²) < 4.78 is 6.51. The van der Waals surface area contributed by atoms with Gasteiger partial charge < -0.3 is 10.1 Å². The van der Waals surface area contributed by atoms with Crippen molar-refractivity contribution in [1.29, 1.82) is 0 Å². The maximum Gasteiger partial charge on any atom is 0.223 e. The van der Waals surface area contributed by atoms with Gasteiger partial charge in [0.25, 0.3) is 0 Å². The maximum atomic E-state index is 10.9. The molecule has 8 heteroatoms. The van der Waals surface area contributed by atoms with E-state index in [2.05, 4.69) is 15.5 Å². The van der Waals surface area contributed by atoms with E-state index in [0.717, 1.165) is 32.8 Å². The van der Waals surface area contributed by atoms with Crippen molar-refractivity contribution in [3.8, 4) is 5.75 Å². The Kier molecular flexibility index (Phi) is 6.48. The van der Waals surface area contributed by atoms with E-state index >= 15 is 0 Å². The van der Waals surface area contributed by atoms with Gasteiger partial charge in [-0.1, -0.05) is 34.7 Å². The Balaban J connectivity index is 1.67. The van der Waals surface area contributed by atoms with E-state index in [1.165, 1.54) is 18.3 Å². The molecule has 0 atom stereocenters. The normalized spacial score (nSPS) is 10.5. The van der Waals surface area contributed by atoms with Crippen molar-refractivity contribution in [2.45, 2.75) is 24.6 Å². The number of aryl methyl sites for hydroxylation is 1. The van der Waals surface area contributed by atoms with Crippen molar-refractivity contribution in [2.75, 3.05) is 17.7 Å². The molecule has 0 saturated heterocycles. The van der Waals surface area contributed by atoms with E-state index in [-0.39, 0.29) is 5.91 Å². The topological polar surface area (TPSA) is 64.1 Å². The second kappa shape index (κ2) is 8.36. The Labute approximate surface area is 142 Å². The van der Waals surface area contributed by atoms with Crippen LogP contribution in [0.25, 0.3) is 0 Å². The number of anilines is 1. The molecule has 2 rings (SSSR count). The third kappa shape index (κ3) is 5.47. The van der Waals surface area contributed by atoms with Gasteiger partial charge in [0.1, 0.15) is 5.75 Å². The van der Waals surface area contributed by atoms with Gasteiger partial charge in [0.2, 0.25) is 11.0 Å². The molecule has 0 radical (unpaired) electrons. The Morgan fingerprint density at radius 1 is 1.45 bits per heavy atom. The van der Waals surface area contributed by atoms with Crippen LogP contribution in [-0.2, 0) is 4.79 Å². The number of carbonyl (C=O) groups excluding carboxylic acids is 1. The first kappa shape index (κ1) is 17.1. The number of benzene rings is 1. The van der Waals surface area contributed by atoms with E-state index in [1.807, 2.05) is 25.1 Å². The summed E-state index contributed by atoms with van der Waals surface area (Å²) in [5.74, 6) is 1.57. The number of thioether (sulfide) groups is 1. The highest BCUT2D eigenvalue weighted by Gasteiger charge is 2.05. The molecule has 0 fully saturated rings. The number of hydrogen-bond acceptors (Lipinski definition) is 6. The van der Waals surface area contributed by atoms with Crippen LogP contribution in [-0.4, -0.2) is 28.5 Å². The minimum atomic E-state index is -0.139. The summed E-state index contributed by atoms with van der Waals surface area (Å²) in [4.78, 5) is 10.9. The molecular formula is C14H16ClN3O2S2. The van der Waals surface area contributed by atoms with Gasteiger partial charge >= 0.3 is 0 Å². The van der Waals surface area contributed by atoms with E-state index in [1.54, 1.807) is 11.8 Å². The average molecular weight is 358 g/mol. The predicted octanol–water partition coefficient (Wildman–Crippen LogP) is 4.02. The quantitative estimate of drug-likeness (QED) is 0.460. The molecule has 118 valence electrons. The van der Waals surface area contributed by atoms with Crippen LogP contribution in [0.4, 0.5) is 5.13 Å². The number of nitrogens with one attached hydrogen (secondary N) is 1. The lowest BCUT2D eigenvalue weighted by atomic mass is 10.2. The molecule has 1 aromatic carbocycles. The Morgan fingerprint density at radius 2 is 2.27 bits per heavy atom. The first-order chi connectivity index (χ1) is 10.5. The molecule has 22 heavy (non-hydrogen) atoms. The SMILES string of the molecule is CC(=O)Nc1nnc(SCCCOc2ccc(Cl)c(C)c2)s1. The van der Waals surface area contributed by atoms with Crippen LogP contribution in [0.3, 0.4) is 0 Å². The van der Waals surface area contributed by atoms with E-state index in [4.69, 9.17) is 16.3 Å². The van der Waals surface area contributed by atoms with Crippen molar-refractivity contribution in [3.63, 3.8) is 0 Å². The number of nitrogens with zero attached hydrogens (tertiary/aromatic N) is 2. The van der Waals surface area contributed by atoms with E-state index < -0.39 is 0 Å². The lowest BCUT2D eigenvalue weighted by Crippen LogP contribution is -2.04. The summed E-state index contributed by atoms with van der Waals surface area (Å²) in [7, 11) is 0. The number of amides is 1. The van der Waals surface area contributed by atoms with Crippen molar-refractivity contribution >= 4 is 45.7 Å². The number of halogens is 1. The van der Waals surface area contributed by atoms with Crippen LogP contribution in [0.15, 0.2) is 22.5 Å². The second-order valence-corrected chi connectivity index (χ2v) is 7.24. The van der Waals surface area contributed by atoms with Crippen LogP contribution in [0.2, 0.25) is 5.02 Å². The standard InChI is InChI=1S/C14H16ClN3O2S2/c1-9-8-11(4-5-12(9)15)20-6-3-7-21-14-18-17-13(22-14)16-10(2)19/h4-5,8H,3,6-7H2,1-2H3,(H,16,17,19). The van der Waals surface area contributed by atoms with E-state index in [0.29, 0.717) is 11.7 Å². The molecular weight excluding hydrogens is 342 g/mol. The van der Waals surface area contributed by atoms with Crippen molar-refractivity contribution in [3.05, 3.63) is 28.8 Å². The fourth-order valence-corrected chi connectivity index (χ4v) is 3.48. The highest BCUT2D eigenvalue weighted by molar-refractivity contribution is 8.01.